The van der Waals surface area contributed by atoms with Crippen LogP contribution in [0.4, 0.5) is 28.4 Å². The summed E-state index contributed by atoms with van der Waals surface area (Å²) >= 11 is 0. The summed E-state index contributed by atoms with van der Waals surface area (Å²) in [5, 5.41) is 30.2. The zero-order valence-corrected chi connectivity index (χ0v) is 23.9. The second-order valence-corrected chi connectivity index (χ2v) is 12.1. The van der Waals surface area contributed by atoms with Crippen molar-refractivity contribution in [1.82, 2.24) is 0 Å². The molecule has 44 heavy (non-hydrogen) atoms. The highest BCUT2D eigenvalue weighted by molar-refractivity contribution is 7.86. The lowest BCUT2D eigenvalue weighted by Crippen LogP contribution is -2.11. The summed E-state index contributed by atoms with van der Waals surface area (Å²) in [6.07, 6.45) is 0. The van der Waals surface area contributed by atoms with E-state index in [-0.39, 0.29) is 27.1 Å². The van der Waals surface area contributed by atoms with E-state index in [0.29, 0.717) is 39.1 Å². The third kappa shape index (κ3) is 7.16. The van der Waals surface area contributed by atoms with Gasteiger partial charge in [-0.05, 0) is 96.4 Å². The molecule has 5 aromatic rings. The lowest BCUT2D eigenvalue weighted by Gasteiger charge is -2.06. The molecular formula is C29H21N5O8S2. The van der Waals surface area contributed by atoms with Gasteiger partial charge in [0.1, 0.15) is 11.4 Å². The molecule has 0 saturated carbocycles. The number of carbonyl (C=O) groups excluding carboxylic acids is 1. The minimum absolute atomic E-state index is 0.101. The molecular weight excluding hydrogens is 610 g/mol. The van der Waals surface area contributed by atoms with E-state index in [9.17, 15) is 31.3 Å². The Kier molecular flexibility index (Phi) is 8.28. The molecule has 0 aliphatic heterocycles. The zero-order chi connectivity index (χ0) is 31.5. The van der Waals surface area contributed by atoms with Crippen molar-refractivity contribution in [2.75, 3.05) is 5.32 Å². The normalized spacial score (nSPS) is 12.2. The van der Waals surface area contributed by atoms with E-state index in [0.717, 1.165) is 0 Å². The molecule has 4 N–H and O–H groups in total. The van der Waals surface area contributed by atoms with Crippen molar-refractivity contribution in [3.05, 3.63) is 109 Å². The number of hydrogen-bond donors (Lipinski definition) is 4. The van der Waals surface area contributed by atoms with Crippen LogP contribution in [-0.4, -0.2) is 37.0 Å². The van der Waals surface area contributed by atoms with Gasteiger partial charge in [-0.2, -0.15) is 32.2 Å². The quantitative estimate of drug-likeness (QED) is 0.102. The summed E-state index contributed by atoms with van der Waals surface area (Å²) in [4.78, 5) is 12.2. The average molecular weight is 632 g/mol. The molecule has 0 fully saturated rings. The first-order valence-electron chi connectivity index (χ1n) is 12.5. The summed E-state index contributed by atoms with van der Waals surface area (Å²) in [5.41, 5.74) is 2.18. The number of benzene rings is 5. The first-order valence-corrected chi connectivity index (χ1v) is 15.4. The van der Waals surface area contributed by atoms with Gasteiger partial charge < -0.3 is 10.4 Å². The van der Waals surface area contributed by atoms with Crippen molar-refractivity contribution in [1.29, 1.82) is 0 Å². The Morgan fingerprint density at radius 3 is 1.66 bits per heavy atom. The van der Waals surface area contributed by atoms with Crippen molar-refractivity contribution in [2.45, 2.75) is 9.79 Å². The molecule has 0 aromatic heterocycles. The lowest BCUT2D eigenvalue weighted by atomic mass is 10.1. The van der Waals surface area contributed by atoms with Crippen LogP contribution in [0.5, 0.6) is 5.75 Å². The summed E-state index contributed by atoms with van der Waals surface area (Å²) in [6, 6.07) is 24.6. The Labute approximate surface area is 250 Å². The molecule has 0 unspecified atom stereocenters. The molecule has 5 rings (SSSR count). The van der Waals surface area contributed by atoms with Gasteiger partial charge in [0, 0.05) is 16.6 Å². The summed E-state index contributed by atoms with van der Waals surface area (Å²) in [5.74, 6) is -0.568. The number of nitrogens with zero attached hydrogens (tertiary/aromatic N) is 4. The van der Waals surface area contributed by atoms with Gasteiger partial charge in [0.15, 0.2) is 0 Å². The molecule has 13 nitrogen and oxygen atoms in total. The van der Waals surface area contributed by atoms with Crippen LogP contribution in [0, 0.1) is 0 Å². The minimum atomic E-state index is -4.40. The molecule has 0 atom stereocenters. The van der Waals surface area contributed by atoms with Crippen LogP contribution in [0.3, 0.4) is 0 Å². The predicted molar refractivity (Wildman–Crippen MR) is 161 cm³/mol. The van der Waals surface area contributed by atoms with E-state index in [4.69, 9.17) is 4.55 Å². The number of rotatable bonds is 8. The fourth-order valence-corrected chi connectivity index (χ4v) is 4.94. The van der Waals surface area contributed by atoms with E-state index in [1.165, 1.54) is 54.6 Å². The van der Waals surface area contributed by atoms with E-state index < -0.39 is 20.2 Å². The van der Waals surface area contributed by atoms with Gasteiger partial charge in [-0.3, -0.25) is 13.9 Å². The zero-order valence-electron chi connectivity index (χ0n) is 22.3. The number of phenolic OH excluding ortho intramolecular Hbond substituents is 1. The van der Waals surface area contributed by atoms with Crippen LogP contribution >= 0.6 is 0 Å². The second-order valence-electron chi connectivity index (χ2n) is 9.21. The maximum Gasteiger partial charge on any atom is 0.294 e. The largest absolute Gasteiger partial charge is 0.506 e. The van der Waals surface area contributed by atoms with Crippen LogP contribution in [-0.2, 0) is 20.2 Å². The van der Waals surface area contributed by atoms with Gasteiger partial charge in [0.05, 0.1) is 26.9 Å². The van der Waals surface area contributed by atoms with Gasteiger partial charge in [0.2, 0.25) is 0 Å². The fraction of sp³-hybridized carbons (Fsp3) is 0. The van der Waals surface area contributed by atoms with E-state index in [1.54, 1.807) is 48.5 Å². The number of hydrogen-bond acceptors (Lipinski definition) is 10. The Balaban J connectivity index is 1.23. The standard InChI is InChI=1S/C29H21N5O8S2/c35-27-16-3-19-17-25(44(40,41)42)14-15-26(19)28(27)34-33-21-4-1-18(2-5-21)29(36)30-20-6-8-22(9-7-20)31-32-23-10-12-24(13-11-23)43(37,38)39/h1-17,35H,(H,30,36)(H,37,38,39)(H,40,41,42). The molecule has 15 heteroatoms. The number of azo groups is 2. The van der Waals surface area contributed by atoms with E-state index >= 15 is 0 Å². The smallest absolute Gasteiger partial charge is 0.294 e. The average Bonchev–Trinajstić information content (AvgIpc) is 2.99. The van der Waals surface area contributed by atoms with Crippen molar-refractivity contribution in [2.24, 2.45) is 20.5 Å². The number of nitrogens with one attached hydrogen (secondary N) is 1. The van der Waals surface area contributed by atoms with Crippen molar-refractivity contribution in [3.8, 4) is 5.75 Å². The number of anilines is 1. The van der Waals surface area contributed by atoms with Crippen molar-refractivity contribution in [3.63, 3.8) is 0 Å². The van der Waals surface area contributed by atoms with Gasteiger partial charge in [0.25, 0.3) is 26.1 Å². The second kappa shape index (κ2) is 12.1. The first-order chi connectivity index (χ1) is 20.9. The Hall–Kier alpha value is -5.35. The SMILES string of the molecule is O=C(Nc1ccc(N=Nc2ccc(S(=O)(=O)O)cc2)cc1)c1ccc(N=Nc2c(O)ccc3cc(S(=O)(=O)O)ccc23)cc1. The Morgan fingerprint density at radius 1 is 0.591 bits per heavy atom. The molecule has 0 radical (unpaired) electrons. The number of aromatic hydroxyl groups is 1. The van der Waals surface area contributed by atoms with Gasteiger partial charge in [-0.25, -0.2) is 0 Å². The summed E-state index contributed by atoms with van der Waals surface area (Å²) in [7, 11) is -8.69. The highest BCUT2D eigenvalue weighted by Gasteiger charge is 2.13. The topological polar surface area (TPSA) is 208 Å². The molecule has 0 aliphatic carbocycles. The molecule has 0 bridgehead atoms. The first kappa shape index (κ1) is 30.1. The number of phenols is 1. The predicted octanol–water partition coefficient (Wildman–Crippen LogP) is 7.12. The lowest BCUT2D eigenvalue weighted by molar-refractivity contribution is 0.102. The van der Waals surface area contributed by atoms with E-state index in [2.05, 4.69) is 25.8 Å². The number of amides is 1. The summed E-state index contributed by atoms with van der Waals surface area (Å²) in [6.45, 7) is 0. The Morgan fingerprint density at radius 2 is 1.09 bits per heavy atom. The Bertz CT molecular complexity index is 2150. The molecule has 1 amide bonds. The molecule has 0 saturated heterocycles. The third-order valence-corrected chi connectivity index (χ3v) is 7.89. The van der Waals surface area contributed by atoms with Crippen LogP contribution < -0.4 is 5.32 Å². The van der Waals surface area contributed by atoms with Crippen LogP contribution in [0.25, 0.3) is 10.8 Å². The summed E-state index contributed by atoms with van der Waals surface area (Å²) < 4.78 is 63.5. The molecule has 0 aliphatic rings. The maximum atomic E-state index is 12.7. The van der Waals surface area contributed by atoms with E-state index in [1.807, 2.05) is 0 Å². The van der Waals surface area contributed by atoms with Gasteiger partial charge >= 0.3 is 0 Å². The van der Waals surface area contributed by atoms with Crippen LogP contribution in [0.2, 0.25) is 0 Å². The van der Waals surface area contributed by atoms with Gasteiger partial charge in [-0.15, -0.1) is 5.11 Å². The molecule has 222 valence electrons. The monoisotopic (exact) mass is 631 g/mol. The third-order valence-electron chi connectivity index (χ3n) is 6.18. The number of carbonyl (C=O) groups is 1. The van der Waals surface area contributed by atoms with Crippen molar-refractivity contribution < 1.29 is 35.8 Å². The van der Waals surface area contributed by atoms with Gasteiger partial charge in [-0.1, -0.05) is 12.1 Å². The van der Waals surface area contributed by atoms with Crippen molar-refractivity contribution >= 4 is 65.4 Å². The molecule has 0 spiro atoms. The molecule has 5 aromatic carbocycles. The highest BCUT2D eigenvalue weighted by Crippen LogP contribution is 2.37. The maximum absolute atomic E-state index is 12.7. The fourth-order valence-electron chi connectivity index (χ4n) is 3.95. The van der Waals surface area contributed by atoms with Crippen LogP contribution in [0.15, 0.2) is 133 Å². The molecule has 0 heterocycles. The highest BCUT2D eigenvalue weighted by atomic mass is 32.2. The number of fused-ring (bicyclic) bond motifs is 1. The minimum Gasteiger partial charge on any atom is -0.506 e. The van der Waals surface area contributed by atoms with Crippen LogP contribution in [0.1, 0.15) is 10.4 Å².